The molecule has 6 heteroatoms. The van der Waals surface area contributed by atoms with Gasteiger partial charge in [0.15, 0.2) is 0 Å². The van der Waals surface area contributed by atoms with Gasteiger partial charge in [-0.15, -0.1) is 11.3 Å². The Balaban J connectivity index is 1.69. The summed E-state index contributed by atoms with van der Waals surface area (Å²) in [5.41, 5.74) is 7.25. The van der Waals surface area contributed by atoms with Crippen LogP contribution in [0.5, 0.6) is 0 Å². The summed E-state index contributed by atoms with van der Waals surface area (Å²) in [4.78, 5) is 12.7. The van der Waals surface area contributed by atoms with Gasteiger partial charge in [0.25, 0.3) is 5.91 Å². The fraction of sp³-hybridized carbons (Fsp3) is 0.0870. The number of nitriles is 1. The van der Waals surface area contributed by atoms with Gasteiger partial charge >= 0.3 is 0 Å². The highest BCUT2D eigenvalue weighted by atomic mass is 32.1. The number of hydrazone groups is 1. The largest absolute Gasteiger partial charge is 0.340 e. The molecule has 0 saturated heterocycles. The molecule has 0 unspecified atom stereocenters. The minimum atomic E-state index is -0.222. The zero-order valence-corrected chi connectivity index (χ0v) is 16.6. The smallest absolute Gasteiger partial charge is 0.281 e. The highest BCUT2D eigenvalue weighted by Gasteiger charge is 2.14. The van der Waals surface area contributed by atoms with Crippen LogP contribution in [0.1, 0.15) is 32.1 Å². The van der Waals surface area contributed by atoms with E-state index in [0.717, 1.165) is 27.7 Å². The maximum absolute atomic E-state index is 12.1. The molecular weight excluding hydrogens is 380 g/mol. The molecule has 1 N–H and O–H groups in total. The first-order valence-corrected chi connectivity index (χ1v) is 9.99. The Kier molecular flexibility index (Phi) is 5.23. The van der Waals surface area contributed by atoms with Crippen molar-refractivity contribution in [3.8, 4) is 6.07 Å². The monoisotopic (exact) mass is 398 g/mol. The van der Waals surface area contributed by atoms with E-state index >= 15 is 0 Å². The maximum Gasteiger partial charge on any atom is 0.281 e. The predicted octanol–water partition coefficient (Wildman–Crippen LogP) is 4.70. The van der Waals surface area contributed by atoms with Crippen molar-refractivity contribution in [3.63, 3.8) is 0 Å². The van der Waals surface area contributed by atoms with Crippen LogP contribution in [-0.4, -0.2) is 16.7 Å². The molecule has 0 bridgehead atoms. The van der Waals surface area contributed by atoms with E-state index in [-0.39, 0.29) is 5.91 Å². The number of carbonyl (C=O) groups is 1. The molecule has 0 fully saturated rings. The summed E-state index contributed by atoms with van der Waals surface area (Å²) in [7, 11) is 0. The van der Waals surface area contributed by atoms with E-state index in [9.17, 15) is 10.1 Å². The molecule has 29 heavy (non-hydrogen) atoms. The normalized spacial score (nSPS) is 11.0. The van der Waals surface area contributed by atoms with Gasteiger partial charge in [0.05, 0.1) is 22.7 Å². The number of rotatable bonds is 5. The van der Waals surface area contributed by atoms with Crippen LogP contribution in [0.4, 0.5) is 0 Å². The van der Waals surface area contributed by atoms with E-state index in [1.807, 2.05) is 60.8 Å². The molecule has 142 valence electrons. The molecule has 5 nitrogen and oxygen atoms in total. The van der Waals surface area contributed by atoms with Gasteiger partial charge in [0, 0.05) is 28.7 Å². The zero-order chi connectivity index (χ0) is 20.2. The van der Waals surface area contributed by atoms with Gasteiger partial charge in [-0.2, -0.15) is 10.4 Å². The number of thiophene rings is 1. The molecule has 2 aromatic carbocycles. The summed E-state index contributed by atoms with van der Waals surface area (Å²) in [5, 5.41) is 16.5. The summed E-state index contributed by atoms with van der Waals surface area (Å²) in [6, 6.07) is 21.6. The van der Waals surface area contributed by atoms with Gasteiger partial charge in [-0.25, -0.2) is 5.43 Å². The summed E-state index contributed by atoms with van der Waals surface area (Å²) >= 11 is 1.38. The molecule has 0 aliphatic heterocycles. The van der Waals surface area contributed by atoms with Gasteiger partial charge in [-0.3, -0.25) is 4.79 Å². The topological polar surface area (TPSA) is 70.2 Å². The fourth-order valence-corrected chi connectivity index (χ4v) is 3.99. The van der Waals surface area contributed by atoms with Crippen molar-refractivity contribution < 1.29 is 4.79 Å². The van der Waals surface area contributed by atoms with Gasteiger partial charge in [0.1, 0.15) is 0 Å². The van der Waals surface area contributed by atoms with Crippen LogP contribution in [0.15, 0.2) is 71.1 Å². The molecule has 4 aromatic rings. The number of aromatic nitrogens is 1. The van der Waals surface area contributed by atoms with E-state index in [1.165, 1.54) is 11.3 Å². The second-order valence-electron chi connectivity index (χ2n) is 6.55. The van der Waals surface area contributed by atoms with Gasteiger partial charge in [-0.05, 0) is 36.1 Å². The van der Waals surface area contributed by atoms with E-state index in [0.29, 0.717) is 17.0 Å². The van der Waals surface area contributed by atoms with Crippen LogP contribution < -0.4 is 5.43 Å². The molecule has 0 aliphatic carbocycles. The highest BCUT2D eigenvalue weighted by molar-refractivity contribution is 7.12. The Bertz CT molecular complexity index is 1250. The number of nitrogens with zero attached hydrogens (tertiary/aromatic N) is 3. The lowest BCUT2D eigenvalue weighted by Crippen LogP contribution is -2.16. The number of hydrogen-bond donors (Lipinski definition) is 1. The molecule has 0 aliphatic rings. The minimum absolute atomic E-state index is 0.222. The van der Waals surface area contributed by atoms with Crippen molar-refractivity contribution in [2.45, 2.75) is 13.5 Å². The van der Waals surface area contributed by atoms with Crippen molar-refractivity contribution in [3.05, 3.63) is 93.3 Å². The summed E-state index contributed by atoms with van der Waals surface area (Å²) in [6.07, 6.45) is 1.69. The van der Waals surface area contributed by atoms with Crippen molar-refractivity contribution in [2.24, 2.45) is 5.10 Å². The van der Waals surface area contributed by atoms with Crippen LogP contribution >= 0.6 is 11.3 Å². The third kappa shape index (κ3) is 3.68. The summed E-state index contributed by atoms with van der Waals surface area (Å²) in [5.74, 6) is -0.222. The molecule has 0 radical (unpaired) electrons. The molecule has 2 aromatic heterocycles. The average molecular weight is 398 g/mol. The highest BCUT2D eigenvalue weighted by Crippen LogP contribution is 2.26. The maximum atomic E-state index is 12.1. The number of amides is 1. The van der Waals surface area contributed by atoms with Crippen LogP contribution in [-0.2, 0) is 6.54 Å². The summed E-state index contributed by atoms with van der Waals surface area (Å²) < 4.78 is 2.17. The second kappa shape index (κ2) is 8.13. The van der Waals surface area contributed by atoms with Crippen molar-refractivity contribution in [1.29, 1.82) is 5.26 Å². The van der Waals surface area contributed by atoms with Crippen LogP contribution in [0.3, 0.4) is 0 Å². The average Bonchev–Trinajstić information content (AvgIpc) is 3.37. The second-order valence-corrected chi connectivity index (χ2v) is 7.50. The quantitative estimate of drug-likeness (QED) is 0.391. The molecule has 1 amide bonds. The van der Waals surface area contributed by atoms with Crippen LogP contribution in [0.25, 0.3) is 10.9 Å². The van der Waals surface area contributed by atoms with Crippen molar-refractivity contribution in [1.82, 2.24) is 9.99 Å². The molecule has 0 spiro atoms. The Morgan fingerprint density at radius 3 is 2.76 bits per heavy atom. The standard InChI is InChI=1S/C23H18N4OS/c1-16-20(14-25-26-23(28)22-11-6-12-29-22)19-9-4-5-10-21(19)27(16)15-18-8-3-2-7-17(18)13-24/h2-12,14H,15H2,1H3,(H,26,28)/b25-14+. The lowest BCUT2D eigenvalue weighted by Gasteiger charge is -2.10. The SMILES string of the molecule is Cc1c(/C=N/NC(=O)c2cccs2)c2ccccc2n1Cc1ccccc1C#N. The van der Waals surface area contributed by atoms with E-state index in [2.05, 4.69) is 27.2 Å². The third-order valence-corrected chi connectivity index (χ3v) is 5.72. The van der Waals surface area contributed by atoms with Crippen LogP contribution in [0.2, 0.25) is 0 Å². The lowest BCUT2D eigenvalue weighted by atomic mass is 10.1. The Labute approximate surface area is 172 Å². The lowest BCUT2D eigenvalue weighted by molar-refractivity contribution is 0.0959. The van der Waals surface area contributed by atoms with E-state index in [4.69, 9.17) is 0 Å². The minimum Gasteiger partial charge on any atom is -0.340 e. The van der Waals surface area contributed by atoms with Gasteiger partial charge < -0.3 is 4.57 Å². The van der Waals surface area contributed by atoms with Gasteiger partial charge in [0.2, 0.25) is 0 Å². The molecular formula is C23H18N4OS. The molecule has 2 heterocycles. The zero-order valence-electron chi connectivity index (χ0n) is 15.8. The number of hydrogen-bond acceptors (Lipinski definition) is 4. The fourth-order valence-electron chi connectivity index (χ4n) is 3.38. The predicted molar refractivity (Wildman–Crippen MR) is 116 cm³/mol. The number of benzene rings is 2. The number of carbonyl (C=O) groups excluding carboxylic acids is 1. The molecule has 0 saturated carbocycles. The third-order valence-electron chi connectivity index (χ3n) is 4.85. The van der Waals surface area contributed by atoms with E-state index < -0.39 is 0 Å². The number of fused-ring (bicyclic) bond motifs is 1. The van der Waals surface area contributed by atoms with Crippen molar-refractivity contribution in [2.75, 3.05) is 0 Å². The Hall–Kier alpha value is -3.69. The number of para-hydroxylation sites is 1. The molecule has 4 rings (SSSR count). The first kappa shape index (κ1) is 18.7. The Morgan fingerprint density at radius 1 is 1.17 bits per heavy atom. The van der Waals surface area contributed by atoms with E-state index in [1.54, 1.807) is 12.3 Å². The van der Waals surface area contributed by atoms with Crippen LogP contribution in [0, 0.1) is 18.3 Å². The number of nitrogens with one attached hydrogen (secondary N) is 1. The first-order valence-electron chi connectivity index (χ1n) is 9.12. The van der Waals surface area contributed by atoms with Gasteiger partial charge in [-0.1, -0.05) is 42.5 Å². The Morgan fingerprint density at radius 2 is 1.97 bits per heavy atom. The van der Waals surface area contributed by atoms with Crippen molar-refractivity contribution >= 4 is 34.4 Å². The summed E-state index contributed by atoms with van der Waals surface area (Å²) in [6.45, 7) is 2.61. The first-order chi connectivity index (χ1) is 14.2. The molecule has 0 atom stereocenters.